The van der Waals surface area contributed by atoms with Gasteiger partial charge in [0.2, 0.25) is 0 Å². The molecule has 0 bridgehead atoms. The fraction of sp³-hybridized carbons (Fsp3) is 0.500. The lowest BCUT2D eigenvalue weighted by Gasteiger charge is -2.26. The number of ether oxygens (including phenoxy) is 3. The highest BCUT2D eigenvalue weighted by Crippen LogP contribution is 2.82. The van der Waals surface area contributed by atoms with Crippen LogP contribution in [0.5, 0.6) is 5.75 Å². The molecule has 2 N–H and O–H groups in total. The largest absolute Gasteiger partial charge is 0.494 e. The van der Waals surface area contributed by atoms with Gasteiger partial charge in [0.25, 0.3) is 5.91 Å². The van der Waals surface area contributed by atoms with Crippen molar-refractivity contribution in [2.45, 2.75) is 31.8 Å². The van der Waals surface area contributed by atoms with Gasteiger partial charge in [-0.3, -0.25) is 0 Å². The van der Waals surface area contributed by atoms with Gasteiger partial charge >= 0.3 is 0 Å². The summed E-state index contributed by atoms with van der Waals surface area (Å²) in [5.41, 5.74) is 4.42. The van der Waals surface area contributed by atoms with Crippen molar-refractivity contribution < 1.29 is 14.2 Å². The summed E-state index contributed by atoms with van der Waals surface area (Å²) in [5.74, 6) is -1.14. The Labute approximate surface area is 145 Å². The molecule has 25 heavy (non-hydrogen) atoms. The molecule has 2 aliphatic heterocycles. The molecule has 0 aromatic heterocycles. The highest BCUT2D eigenvalue weighted by atomic mass is 16.8. The van der Waals surface area contributed by atoms with Gasteiger partial charge in [0, 0.05) is 5.92 Å². The number of amidine groups is 1. The van der Waals surface area contributed by atoms with Crippen molar-refractivity contribution in [2.75, 3.05) is 13.2 Å². The Morgan fingerprint density at radius 1 is 1.32 bits per heavy atom. The van der Waals surface area contributed by atoms with Crippen molar-refractivity contribution >= 4 is 5.84 Å². The Morgan fingerprint density at radius 3 is 2.56 bits per heavy atom. The zero-order valence-electron chi connectivity index (χ0n) is 14.0. The highest BCUT2D eigenvalue weighted by molar-refractivity contribution is 6.00. The third kappa shape index (κ3) is 1.62. The molecule has 2 fully saturated rings. The van der Waals surface area contributed by atoms with Crippen LogP contribution in [-0.2, 0) is 9.47 Å². The third-order valence-corrected chi connectivity index (χ3v) is 5.33. The van der Waals surface area contributed by atoms with Gasteiger partial charge in [0.1, 0.15) is 17.0 Å². The van der Waals surface area contributed by atoms with Crippen LogP contribution in [0.15, 0.2) is 29.3 Å². The summed E-state index contributed by atoms with van der Waals surface area (Å²) in [7, 11) is 0. The first-order valence-corrected chi connectivity index (χ1v) is 8.24. The molecule has 5 atom stereocenters. The SMILES string of the molecule is CCOc1ccc([C@H]2[C@@]3(C#N)[C@]4(N=C(N)[C@@]23C#N)OC[C@H](C)O4)cc1. The second-order valence-corrected chi connectivity index (χ2v) is 6.59. The molecule has 3 aliphatic rings. The topological polar surface area (TPSA) is 114 Å². The number of nitrogens with two attached hydrogens (primary N) is 1. The smallest absolute Gasteiger partial charge is 0.293 e. The van der Waals surface area contributed by atoms with Gasteiger partial charge in [0.05, 0.1) is 31.5 Å². The molecular formula is C18H18N4O3. The third-order valence-electron chi connectivity index (χ3n) is 5.33. The van der Waals surface area contributed by atoms with Crippen LogP contribution in [0, 0.1) is 33.5 Å². The van der Waals surface area contributed by atoms with Crippen molar-refractivity contribution in [3.05, 3.63) is 29.8 Å². The van der Waals surface area contributed by atoms with Crippen LogP contribution in [0.3, 0.4) is 0 Å². The van der Waals surface area contributed by atoms with Crippen LogP contribution in [-0.4, -0.2) is 31.1 Å². The van der Waals surface area contributed by atoms with E-state index in [-0.39, 0.29) is 11.9 Å². The molecule has 1 saturated carbocycles. The van der Waals surface area contributed by atoms with Crippen LogP contribution in [0.25, 0.3) is 0 Å². The number of aliphatic imine (C=N–C) groups is 1. The zero-order valence-corrected chi connectivity index (χ0v) is 14.0. The maximum atomic E-state index is 10.0. The van der Waals surface area contributed by atoms with Gasteiger partial charge in [0.15, 0.2) is 5.41 Å². The molecule has 7 heteroatoms. The maximum Gasteiger partial charge on any atom is 0.293 e. The van der Waals surface area contributed by atoms with Gasteiger partial charge in [-0.25, -0.2) is 4.99 Å². The van der Waals surface area contributed by atoms with E-state index >= 15 is 0 Å². The van der Waals surface area contributed by atoms with Crippen LogP contribution in [0.2, 0.25) is 0 Å². The summed E-state index contributed by atoms with van der Waals surface area (Å²) >= 11 is 0. The van der Waals surface area contributed by atoms with E-state index in [1.54, 1.807) is 0 Å². The lowest BCUT2D eigenvalue weighted by atomic mass is 9.94. The van der Waals surface area contributed by atoms with E-state index in [4.69, 9.17) is 19.9 Å². The summed E-state index contributed by atoms with van der Waals surface area (Å²) < 4.78 is 17.1. The number of fused-ring (bicyclic) bond motifs is 2. The molecule has 1 spiro atoms. The number of hydrogen-bond donors (Lipinski definition) is 1. The van der Waals surface area contributed by atoms with Crippen molar-refractivity contribution in [1.82, 2.24) is 0 Å². The second-order valence-electron chi connectivity index (χ2n) is 6.59. The Balaban J connectivity index is 1.81. The van der Waals surface area contributed by atoms with Gasteiger partial charge in [-0.05, 0) is 31.5 Å². The molecule has 7 nitrogen and oxygen atoms in total. The van der Waals surface area contributed by atoms with Gasteiger partial charge < -0.3 is 19.9 Å². The predicted molar refractivity (Wildman–Crippen MR) is 87.3 cm³/mol. The number of nitrogens with zero attached hydrogens (tertiary/aromatic N) is 3. The second kappa shape index (κ2) is 4.95. The van der Waals surface area contributed by atoms with Crippen molar-refractivity contribution in [3.8, 4) is 17.9 Å². The van der Waals surface area contributed by atoms with E-state index in [9.17, 15) is 10.5 Å². The summed E-state index contributed by atoms with van der Waals surface area (Å²) in [6.45, 7) is 4.62. The molecule has 0 radical (unpaired) electrons. The number of rotatable bonds is 3. The van der Waals surface area contributed by atoms with Gasteiger partial charge in [-0.15, -0.1) is 0 Å². The number of benzene rings is 1. The van der Waals surface area contributed by atoms with Crippen molar-refractivity contribution in [3.63, 3.8) is 0 Å². The Morgan fingerprint density at radius 2 is 2.04 bits per heavy atom. The quantitative estimate of drug-likeness (QED) is 0.896. The molecule has 0 amide bonds. The monoisotopic (exact) mass is 338 g/mol. The first-order valence-electron chi connectivity index (χ1n) is 8.24. The standard InChI is InChI=1S/C18H18N4O3/c1-3-23-13-6-4-12(5-7-13)14-16(9-19)15(21)22-18(17(14,16)10-20)24-8-11(2)25-18/h4-7,11,14H,3,8H2,1-2H3,(H2,21,22)/t11-,14+,16+,17+,18-/m0/s1. The first-order chi connectivity index (χ1) is 12.0. The molecule has 128 valence electrons. The lowest BCUT2D eigenvalue weighted by Crippen LogP contribution is -2.39. The zero-order chi connectivity index (χ0) is 17.9. The summed E-state index contributed by atoms with van der Waals surface area (Å²) in [6.07, 6.45) is -0.224. The van der Waals surface area contributed by atoms with Gasteiger partial charge in [-0.1, -0.05) is 12.1 Å². The number of hydrogen-bond acceptors (Lipinski definition) is 7. The Bertz CT molecular complexity index is 839. The Hall–Kier alpha value is -2.61. The molecule has 1 aromatic carbocycles. The summed E-state index contributed by atoms with van der Waals surface area (Å²) in [6, 6.07) is 11.9. The predicted octanol–water partition coefficient (Wildman–Crippen LogP) is 1.66. The van der Waals surface area contributed by atoms with E-state index < -0.39 is 22.7 Å². The minimum Gasteiger partial charge on any atom is -0.494 e. The van der Waals surface area contributed by atoms with Crippen molar-refractivity contribution in [2.24, 2.45) is 21.6 Å². The summed E-state index contributed by atoms with van der Waals surface area (Å²) in [4.78, 5) is 4.29. The van der Waals surface area contributed by atoms with Gasteiger partial charge in [-0.2, -0.15) is 10.5 Å². The summed E-state index contributed by atoms with van der Waals surface area (Å²) in [5, 5.41) is 20.0. The van der Waals surface area contributed by atoms with Crippen LogP contribution in [0.4, 0.5) is 0 Å². The van der Waals surface area contributed by atoms with E-state index in [1.807, 2.05) is 38.1 Å². The van der Waals surface area contributed by atoms with Crippen LogP contribution < -0.4 is 10.5 Å². The highest BCUT2D eigenvalue weighted by Gasteiger charge is 2.94. The fourth-order valence-corrected chi connectivity index (χ4v) is 4.28. The van der Waals surface area contributed by atoms with E-state index in [0.29, 0.717) is 13.2 Å². The molecule has 1 aliphatic carbocycles. The average Bonchev–Trinajstić information content (AvgIpc) is 3.00. The van der Waals surface area contributed by atoms with Crippen LogP contribution >= 0.6 is 0 Å². The molecule has 1 aromatic rings. The van der Waals surface area contributed by atoms with E-state index in [1.165, 1.54) is 0 Å². The van der Waals surface area contributed by atoms with Crippen LogP contribution in [0.1, 0.15) is 25.3 Å². The molecular weight excluding hydrogens is 320 g/mol. The normalized spacial score (nSPS) is 40.9. The molecule has 0 unspecified atom stereocenters. The molecule has 2 heterocycles. The van der Waals surface area contributed by atoms with E-state index in [0.717, 1.165) is 11.3 Å². The van der Waals surface area contributed by atoms with E-state index in [2.05, 4.69) is 17.1 Å². The average molecular weight is 338 g/mol. The van der Waals surface area contributed by atoms with Crippen molar-refractivity contribution in [1.29, 1.82) is 10.5 Å². The number of nitriles is 2. The fourth-order valence-electron chi connectivity index (χ4n) is 4.28. The molecule has 4 rings (SSSR count). The minimum atomic E-state index is -1.51. The maximum absolute atomic E-state index is 10.0. The Kier molecular flexibility index (Phi) is 3.15. The molecule has 1 saturated heterocycles. The minimum absolute atomic E-state index is 0.101. The lowest BCUT2D eigenvalue weighted by molar-refractivity contribution is -0.193. The first kappa shape index (κ1) is 15.9.